The van der Waals surface area contributed by atoms with Crippen LogP contribution in [0.4, 0.5) is 0 Å². The van der Waals surface area contributed by atoms with Crippen molar-refractivity contribution >= 4 is 22.7 Å². The summed E-state index contributed by atoms with van der Waals surface area (Å²) in [5.74, 6) is 0. The van der Waals surface area contributed by atoms with Crippen LogP contribution in [-0.2, 0) is 6.54 Å². The van der Waals surface area contributed by atoms with E-state index in [-0.39, 0.29) is 0 Å². The van der Waals surface area contributed by atoms with Crippen molar-refractivity contribution in [2.24, 2.45) is 0 Å². The summed E-state index contributed by atoms with van der Waals surface area (Å²) in [5, 5.41) is 7.73. The number of thiazole rings is 2. The summed E-state index contributed by atoms with van der Waals surface area (Å²) < 4.78 is 1.96. The van der Waals surface area contributed by atoms with E-state index in [0.29, 0.717) is 0 Å². The Morgan fingerprint density at radius 3 is 2.78 bits per heavy atom. The molecule has 0 fully saturated rings. The Morgan fingerprint density at radius 1 is 1.09 bits per heavy atom. The van der Waals surface area contributed by atoms with Gasteiger partial charge in [0.25, 0.3) is 0 Å². The Hall–Kier alpha value is -2.31. The fourth-order valence-corrected chi connectivity index (χ4v) is 3.81. The first-order valence-corrected chi connectivity index (χ1v) is 8.98. The monoisotopic (exact) mass is 338 g/mol. The molecule has 0 bridgehead atoms. The van der Waals surface area contributed by atoms with Crippen LogP contribution in [-0.4, -0.2) is 19.7 Å². The van der Waals surface area contributed by atoms with Gasteiger partial charge in [0.2, 0.25) is 0 Å². The lowest BCUT2D eigenvalue weighted by atomic mass is 10.1. The van der Waals surface area contributed by atoms with E-state index in [1.807, 2.05) is 34.9 Å². The minimum absolute atomic E-state index is 0.767. The van der Waals surface area contributed by atoms with Crippen molar-refractivity contribution in [2.75, 3.05) is 0 Å². The normalized spacial score (nSPS) is 11.0. The molecule has 4 nitrogen and oxygen atoms in total. The molecule has 4 aromatic rings. The zero-order chi connectivity index (χ0) is 15.6. The Labute approximate surface area is 142 Å². The first kappa shape index (κ1) is 14.3. The molecule has 6 heteroatoms. The summed E-state index contributed by atoms with van der Waals surface area (Å²) in [4.78, 5) is 9.91. The third-order valence-corrected chi connectivity index (χ3v) is 5.37. The van der Waals surface area contributed by atoms with Gasteiger partial charge in [-0.05, 0) is 19.1 Å². The van der Waals surface area contributed by atoms with Crippen molar-refractivity contribution in [1.29, 1.82) is 0 Å². The molecule has 0 N–H and O–H groups in total. The molecule has 0 saturated carbocycles. The van der Waals surface area contributed by atoms with E-state index in [1.165, 1.54) is 4.88 Å². The Morgan fingerprint density at radius 2 is 2.00 bits per heavy atom. The van der Waals surface area contributed by atoms with Crippen LogP contribution in [0.15, 0.2) is 53.6 Å². The molecular formula is C17H14N4S2. The minimum Gasteiger partial charge on any atom is -0.267 e. The third kappa shape index (κ3) is 2.95. The van der Waals surface area contributed by atoms with Gasteiger partial charge < -0.3 is 0 Å². The molecule has 0 aliphatic heterocycles. The molecule has 0 unspecified atom stereocenters. The third-order valence-electron chi connectivity index (χ3n) is 3.63. The number of aromatic nitrogens is 4. The van der Waals surface area contributed by atoms with Crippen molar-refractivity contribution < 1.29 is 0 Å². The number of hydrogen-bond donors (Lipinski definition) is 0. The smallest absolute Gasteiger partial charge is 0.123 e. The van der Waals surface area contributed by atoms with Crippen LogP contribution in [0.1, 0.15) is 10.6 Å². The predicted octanol–water partition coefficient (Wildman–Crippen LogP) is 4.49. The number of rotatable bonds is 4. The molecule has 23 heavy (non-hydrogen) atoms. The number of hydrogen-bond acceptors (Lipinski definition) is 5. The standard InChI is InChI=1S/C17H14N4S2/c1-12-16(23-11-19-12)10-21-7-5-15(20-21)13-3-2-4-14(9-13)17-18-6-8-22-17/h2-9,11H,10H2,1H3. The molecule has 0 spiro atoms. The largest absolute Gasteiger partial charge is 0.267 e. The quantitative estimate of drug-likeness (QED) is 0.551. The van der Waals surface area contributed by atoms with Crippen molar-refractivity contribution in [3.05, 3.63) is 64.2 Å². The topological polar surface area (TPSA) is 43.6 Å². The van der Waals surface area contributed by atoms with E-state index in [0.717, 1.165) is 34.1 Å². The SMILES string of the molecule is Cc1ncsc1Cn1ccc(-c2cccc(-c3nccs3)c2)n1. The van der Waals surface area contributed by atoms with Gasteiger partial charge in [0.05, 0.1) is 23.4 Å². The van der Waals surface area contributed by atoms with Crippen LogP contribution < -0.4 is 0 Å². The molecule has 1 aromatic carbocycles. The fraction of sp³-hybridized carbons (Fsp3) is 0.118. The average molecular weight is 338 g/mol. The fourth-order valence-electron chi connectivity index (χ4n) is 2.41. The highest BCUT2D eigenvalue weighted by molar-refractivity contribution is 7.13. The summed E-state index contributed by atoms with van der Waals surface area (Å²) in [7, 11) is 0. The minimum atomic E-state index is 0.767. The number of benzene rings is 1. The maximum atomic E-state index is 4.70. The summed E-state index contributed by atoms with van der Waals surface area (Å²) in [6.07, 6.45) is 3.85. The van der Waals surface area contributed by atoms with Crippen LogP contribution in [0.5, 0.6) is 0 Å². The Balaban J connectivity index is 1.62. The lowest BCUT2D eigenvalue weighted by Crippen LogP contribution is -2.00. The second kappa shape index (κ2) is 6.06. The van der Waals surface area contributed by atoms with Crippen LogP contribution in [0.3, 0.4) is 0 Å². The summed E-state index contributed by atoms with van der Waals surface area (Å²) >= 11 is 3.32. The maximum absolute atomic E-state index is 4.70. The molecule has 0 amide bonds. The molecule has 0 aliphatic rings. The van der Waals surface area contributed by atoms with Gasteiger partial charge >= 0.3 is 0 Å². The van der Waals surface area contributed by atoms with Crippen molar-refractivity contribution in [3.63, 3.8) is 0 Å². The van der Waals surface area contributed by atoms with Gasteiger partial charge in [-0.3, -0.25) is 4.68 Å². The highest BCUT2D eigenvalue weighted by Crippen LogP contribution is 2.26. The number of nitrogens with zero attached hydrogens (tertiary/aromatic N) is 4. The predicted molar refractivity (Wildman–Crippen MR) is 94.7 cm³/mol. The van der Waals surface area contributed by atoms with Gasteiger partial charge in [-0.1, -0.05) is 18.2 Å². The lowest BCUT2D eigenvalue weighted by Gasteiger charge is -2.02. The second-order valence-electron chi connectivity index (χ2n) is 5.18. The maximum Gasteiger partial charge on any atom is 0.123 e. The molecular weight excluding hydrogens is 324 g/mol. The van der Waals surface area contributed by atoms with Gasteiger partial charge in [-0.25, -0.2) is 9.97 Å². The van der Waals surface area contributed by atoms with E-state index in [2.05, 4.69) is 40.3 Å². The van der Waals surface area contributed by atoms with E-state index in [9.17, 15) is 0 Å². The molecule has 0 atom stereocenters. The van der Waals surface area contributed by atoms with Gasteiger partial charge in [-0.2, -0.15) is 5.10 Å². The first-order chi connectivity index (χ1) is 11.3. The van der Waals surface area contributed by atoms with Crippen molar-refractivity contribution in [2.45, 2.75) is 13.5 Å². The van der Waals surface area contributed by atoms with Crippen LogP contribution in [0, 0.1) is 6.92 Å². The molecule has 114 valence electrons. The molecule has 0 radical (unpaired) electrons. The number of aryl methyl sites for hydroxylation is 1. The second-order valence-corrected chi connectivity index (χ2v) is 7.01. The van der Waals surface area contributed by atoms with Gasteiger partial charge in [-0.15, -0.1) is 22.7 Å². The zero-order valence-corrected chi connectivity index (χ0v) is 14.1. The Kier molecular flexibility index (Phi) is 3.77. The summed E-state index contributed by atoms with van der Waals surface area (Å²) in [6.45, 7) is 2.80. The summed E-state index contributed by atoms with van der Waals surface area (Å²) in [5.41, 5.74) is 6.18. The summed E-state index contributed by atoms with van der Waals surface area (Å²) in [6, 6.07) is 10.4. The molecule has 0 aliphatic carbocycles. The van der Waals surface area contributed by atoms with Crippen molar-refractivity contribution in [3.8, 4) is 21.8 Å². The highest BCUT2D eigenvalue weighted by atomic mass is 32.1. The Bertz CT molecular complexity index is 922. The van der Waals surface area contributed by atoms with Crippen LogP contribution >= 0.6 is 22.7 Å². The molecule has 3 heterocycles. The van der Waals surface area contributed by atoms with E-state index in [1.54, 1.807) is 22.7 Å². The van der Waals surface area contributed by atoms with E-state index < -0.39 is 0 Å². The average Bonchev–Trinajstić information content (AvgIpc) is 3.31. The van der Waals surface area contributed by atoms with E-state index >= 15 is 0 Å². The van der Waals surface area contributed by atoms with E-state index in [4.69, 9.17) is 5.10 Å². The molecule has 0 saturated heterocycles. The zero-order valence-electron chi connectivity index (χ0n) is 12.5. The lowest BCUT2D eigenvalue weighted by molar-refractivity contribution is 0.693. The van der Waals surface area contributed by atoms with Crippen LogP contribution in [0.25, 0.3) is 21.8 Å². The van der Waals surface area contributed by atoms with Gasteiger partial charge in [0, 0.05) is 33.8 Å². The van der Waals surface area contributed by atoms with Crippen molar-refractivity contribution in [1.82, 2.24) is 19.7 Å². The first-order valence-electron chi connectivity index (χ1n) is 7.22. The van der Waals surface area contributed by atoms with Crippen LogP contribution in [0.2, 0.25) is 0 Å². The molecule has 4 rings (SSSR count). The highest BCUT2D eigenvalue weighted by Gasteiger charge is 2.08. The molecule has 3 aromatic heterocycles. The van der Waals surface area contributed by atoms with Gasteiger partial charge in [0.1, 0.15) is 5.01 Å². The van der Waals surface area contributed by atoms with Gasteiger partial charge in [0.15, 0.2) is 0 Å².